The van der Waals surface area contributed by atoms with Crippen molar-refractivity contribution in [1.82, 2.24) is 0 Å². The molecule has 1 unspecified atom stereocenters. The molecule has 8 nitrogen and oxygen atoms in total. The number of allylic oxidation sites excluding steroid dienone is 6. The SMILES string of the molecule is CC/C=C\C/C=C\C/C=C\CCCCCCCCCC(=O)OC(COC(=O)CCCCCCCC)COP(=O)(O)O. The van der Waals surface area contributed by atoms with Crippen LogP contribution in [0.25, 0.3) is 0 Å². The van der Waals surface area contributed by atoms with Gasteiger partial charge in [-0.25, -0.2) is 4.57 Å². The fourth-order valence-corrected chi connectivity index (χ4v) is 4.45. The summed E-state index contributed by atoms with van der Waals surface area (Å²) >= 11 is 0. The molecule has 41 heavy (non-hydrogen) atoms. The summed E-state index contributed by atoms with van der Waals surface area (Å²) in [5.41, 5.74) is 0. The molecule has 1 atom stereocenters. The van der Waals surface area contributed by atoms with Crippen molar-refractivity contribution in [2.24, 2.45) is 0 Å². The Kier molecular flexibility index (Phi) is 27.2. The molecule has 0 aromatic rings. The van der Waals surface area contributed by atoms with Gasteiger partial charge in [-0.3, -0.25) is 14.1 Å². The van der Waals surface area contributed by atoms with Gasteiger partial charge in [-0.2, -0.15) is 0 Å². The van der Waals surface area contributed by atoms with E-state index in [1.807, 2.05) is 0 Å². The van der Waals surface area contributed by atoms with Gasteiger partial charge in [-0.15, -0.1) is 0 Å². The number of rotatable bonds is 28. The summed E-state index contributed by atoms with van der Waals surface area (Å²) < 4.78 is 26.0. The summed E-state index contributed by atoms with van der Waals surface area (Å²) in [5, 5.41) is 0. The number of hydrogen-bond acceptors (Lipinski definition) is 6. The number of carbonyl (C=O) groups excluding carboxylic acids is 2. The molecule has 0 bridgehead atoms. The minimum absolute atomic E-state index is 0.201. The quantitative estimate of drug-likeness (QED) is 0.0396. The van der Waals surface area contributed by atoms with Crippen LogP contribution in [0.15, 0.2) is 36.5 Å². The predicted molar refractivity (Wildman–Crippen MR) is 165 cm³/mol. The number of phosphoric acid groups is 1. The van der Waals surface area contributed by atoms with Crippen molar-refractivity contribution < 1.29 is 37.9 Å². The van der Waals surface area contributed by atoms with Gasteiger partial charge >= 0.3 is 19.8 Å². The Bertz CT molecular complexity index is 772. The zero-order chi connectivity index (χ0) is 30.4. The highest BCUT2D eigenvalue weighted by molar-refractivity contribution is 7.46. The Balaban J connectivity index is 3.99. The summed E-state index contributed by atoms with van der Waals surface area (Å²) in [7, 11) is -4.74. The summed E-state index contributed by atoms with van der Waals surface area (Å²) in [6.45, 7) is 3.46. The van der Waals surface area contributed by atoms with Crippen LogP contribution in [0, 0.1) is 0 Å². The van der Waals surface area contributed by atoms with Crippen LogP contribution in [0.3, 0.4) is 0 Å². The van der Waals surface area contributed by atoms with Crippen molar-refractivity contribution in [2.45, 2.75) is 142 Å². The molecule has 0 spiro atoms. The molecule has 0 saturated carbocycles. The van der Waals surface area contributed by atoms with Crippen molar-refractivity contribution in [1.29, 1.82) is 0 Å². The highest BCUT2D eigenvalue weighted by Gasteiger charge is 2.22. The maximum absolute atomic E-state index is 12.3. The minimum Gasteiger partial charge on any atom is -0.462 e. The molecule has 0 aliphatic heterocycles. The van der Waals surface area contributed by atoms with Gasteiger partial charge in [0, 0.05) is 12.8 Å². The van der Waals surface area contributed by atoms with E-state index < -0.39 is 32.5 Å². The van der Waals surface area contributed by atoms with E-state index in [2.05, 4.69) is 54.8 Å². The fourth-order valence-electron chi connectivity index (χ4n) is 4.09. The smallest absolute Gasteiger partial charge is 0.462 e. The lowest BCUT2D eigenvalue weighted by Gasteiger charge is -2.18. The Hall–Kier alpha value is -1.73. The molecule has 238 valence electrons. The number of esters is 2. The van der Waals surface area contributed by atoms with Gasteiger partial charge in [0.25, 0.3) is 0 Å². The highest BCUT2D eigenvalue weighted by Crippen LogP contribution is 2.35. The Labute approximate surface area is 249 Å². The van der Waals surface area contributed by atoms with Crippen molar-refractivity contribution in [3.05, 3.63) is 36.5 Å². The van der Waals surface area contributed by atoms with E-state index in [4.69, 9.17) is 19.3 Å². The summed E-state index contributed by atoms with van der Waals surface area (Å²) in [5.74, 6) is -0.910. The first-order valence-electron chi connectivity index (χ1n) is 15.8. The average molecular weight is 601 g/mol. The van der Waals surface area contributed by atoms with Gasteiger partial charge in [-0.05, 0) is 44.9 Å². The molecule has 0 heterocycles. The van der Waals surface area contributed by atoms with Crippen LogP contribution in [0.2, 0.25) is 0 Å². The van der Waals surface area contributed by atoms with E-state index in [9.17, 15) is 14.2 Å². The molecule has 0 aliphatic carbocycles. The normalized spacial score (nSPS) is 13.0. The third-order valence-corrected chi connectivity index (χ3v) is 6.91. The predicted octanol–water partition coefficient (Wildman–Crippen LogP) is 8.67. The Morgan fingerprint density at radius 1 is 0.659 bits per heavy atom. The number of hydrogen-bond donors (Lipinski definition) is 2. The second-order valence-electron chi connectivity index (χ2n) is 10.4. The largest absolute Gasteiger partial charge is 0.469 e. The second kappa shape index (κ2) is 28.4. The molecule has 0 fully saturated rings. The van der Waals surface area contributed by atoms with Gasteiger partial charge in [0.2, 0.25) is 0 Å². The molecule has 2 N–H and O–H groups in total. The summed E-state index contributed by atoms with van der Waals surface area (Å²) in [6, 6.07) is 0. The summed E-state index contributed by atoms with van der Waals surface area (Å²) in [4.78, 5) is 42.2. The van der Waals surface area contributed by atoms with Gasteiger partial charge in [0.15, 0.2) is 6.10 Å². The van der Waals surface area contributed by atoms with Gasteiger partial charge < -0.3 is 19.3 Å². The number of carbonyl (C=O) groups is 2. The molecule has 0 aliphatic rings. The van der Waals surface area contributed by atoms with Gasteiger partial charge in [-0.1, -0.05) is 115 Å². The van der Waals surface area contributed by atoms with Crippen molar-refractivity contribution in [3.8, 4) is 0 Å². The van der Waals surface area contributed by atoms with E-state index >= 15 is 0 Å². The molecular formula is C32H57O8P. The number of ether oxygens (including phenoxy) is 2. The highest BCUT2D eigenvalue weighted by atomic mass is 31.2. The average Bonchev–Trinajstić information content (AvgIpc) is 2.93. The van der Waals surface area contributed by atoms with E-state index in [0.29, 0.717) is 6.42 Å². The van der Waals surface area contributed by atoms with Crippen LogP contribution in [-0.4, -0.2) is 41.0 Å². The maximum Gasteiger partial charge on any atom is 0.469 e. The molecule has 0 rings (SSSR count). The van der Waals surface area contributed by atoms with Crippen molar-refractivity contribution in [3.63, 3.8) is 0 Å². The first kappa shape index (κ1) is 39.3. The van der Waals surface area contributed by atoms with E-state index in [0.717, 1.165) is 77.0 Å². The van der Waals surface area contributed by atoms with E-state index in [-0.39, 0.29) is 19.4 Å². The van der Waals surface area contributed by atoms with Crippen LogP contribution in [-0.2, 0) is 28.2 Å². The lowest BCUT2D eigenvalue weighted by Crippen LogP contribution is -2.29. The molecule has 0 saturated heterocycles. The number of unbranched alkanes of at least 4 members (excludes halogenated alkanes) is 12. The van der Waals surface area contributed by atoms with Gasteiger partial charge in [0.1, 0.15) is 6.61 Å². The van der Waals surface area contributed by atoms with Crippen LogP contribution >= 0.6 is 7.82 Å². The molecule has 0 radical (unpaired) electrons. The standard InChI is InChI=1S/C32H57O8P/c1-3-5-7-9-11-12-13-14-15-16-17-18-19-20-21-23-25-27-32(34)40-30(29-39-41(35,36)37)28-38-31(33)26-24-22-10-8-6-4-2/h5,7,11-12,14-15,30H,3-4,6,8-10,13,16-29H2,1-2H3,(H2,35,36,37)/b7-5-,12-11-,15-14-. The third-order valence-electron chi connectivity index (χ3n) is 6.42. The van der Waals surface area contributed by atoms with Crippen LogP contribution in [0.1, 0.15) is 136 Å². The lowest BCUT2D eigenvalue weighted by atomic mass is 10.1. The molecule has 9 heteroatoms. The monoisotopic (exact) mass is 600 g/mol. The van der Waals surface area contributed by atoms with E-state index in [1.165, 1.54) is 25.7 Å². The minimum atomic E-state index is -4.74. The van der Waals surface area contributed by atoms with Crippen molar-refractivity contribution >= 4 is 19.8 Å². The third kappa shape index (κ3) is 31.0. The van der Waals surface area contributed by atoms with Crippen molar-refractivity contribution in [2.75, 3.05) is 13.2 Å². The first-order chi connectivity index (χ1) is 19.8. The van der Waals surface area contributed by atoms with Crippen LogP contribution in [0.4, 0.5) is 0 Å². The van der Waals surface area contributed by atoms with E-state index in [1.54, 1.807) is 0 Å². The lowest BCUT2D eigenvalue weighted by molar-refractivity contribution is -0.161. The second-order valence-corrected chi connectivity index (χ2v) is 11.6. The Morgan fingerprint density at radius 3 is 1.76 bits per heavy atom. The van der Waals surface area contributed by atoms with Crippen LogP contribution in [0.5, 0.6) is 0 Å². The topological polar surface area (TPSA) is 119 Å². The van der Waals surface area contributed by atoms with Crippen LogP contribution < -0.4 is 0 Å². The molecule has 0 aromatic heterocycles. The fraction of sp³-hybridized carbons (Fsp3) is 0.750. The zero-order valence-corrected chi connectivity index (χ0v) is 26.6. The molecule has 0 amide bonds. The zero-order valence-electron chi connectivity index (χ0n) is 25.7. The maximum atomic E-state index is 12.3. The Morgan fingerprint density at radius 2 is 1.17 bits per heavy atom. The van der Waals surface area contributed by atoms with Gasteiger partial charge in [0.05, 0.1) is 6.61 Å². The number of phosphoric ester groups is 1. The molecule has 0 aromatic carbocycles. The summed E-state index contributed by atoms with van der Waals surface area (Å²) in [6.07, 6.45) is 30.4. The molecular weight excluding hydrogens is 543 g/mol. The first-order valence-corrected chi connectivity index (χ1v) is 17.3.